The van der Waals surface area contributed by atoms with Gasteiger partial charge in [0.05, 0.1) is 22.7 Å². The zero-order chi connectivity index (χ0) is 18.6. The summed E-state index contributed by atoms with van der Waals surface area (Å²) in [5.41, 5.74) is -0.514. The smallest absolute Gasteiger partial charge is 0.230 e. The lowest BCUT2D eigenvalue weighted by Gasteiger charge is -2.63. The van der Waals surface area contributed by atoms with Crippen molar-refractivity contribution < 1.29 is 14.6 Å². The van der Waals surface area contributed by atoms with Gasteiger partial charge in [0.25, 0.3) is 0 Å². The van der Waals surface area contributed by atoms with Crippen LogP contribution in [0.4, 0.5) is 0 Å². The monoisotopic (exact) mass is 359 g/mol. The summed E-state index contributed by atoms with van der Waals surface area (Å²) >= 11 is 0. The molecule has 5 rings (SSSR count). The Kier molecular flexibility index (Phi) is 3.27. The highest BCUT2D eigenvalue weighted by molar-refractivity contribution is 5.89. The molecule has 5 aliphatic rings. The van der Waals surface area contributed by atoms with E-state index in [9.17, 15) is 9.90 Å². The average molecular weight is 360 g/mol. The third-order valence-electron chi connectivity index (χ3n) is 8.81. The highest BCUT2D eigenvalue weighted by Crippen LogP contribution is 2.72. The van der Waals surface area contributed by atoms with E-state index in [1.165, 1.54) is 5.57 Å². The van der Waals surface area contributed by atoms with E-state index in [-0.39, 0.29) is 41.4 Å². The fourth-order valence-corrected chi connectivity index (χ4v) is 8.05. The number of aliphatic hydroxyl groups is 1. The molecule has 144 valence electrons. The van der Waals surface area contributed by atoms with E-state index in [0.29, 0.717) is 18.3 Å². The molecule has 4 nitrogen and oxygen atoms in total. The number of amides is 1. The van der Waals surface area contributed by atoms with Crippen molar-refractivity contribution >= 4 is 5.91 Å². The Morgan fingerprint density at radius 2 is 2.12 bits per heavy atom. The topological polar surface area (TPSA) is 58.6 Å². The minimum absolute atomic E-state index is 0.0752. The molecule has 1 unspecified atom stereocenters. The first-order valence-corrected chi connectivity index (χ1v) is 10.5. The number of rotatable bonds is 2. The summed E-state index contributed by atoms with van der Waals surface area (Å²) in [6.45, 7) is 11.1. The van der Waals surface area contributed by atoms with Gasteiger partial charge in [-0.1, -0.05) is 32.4 Å². The Labute approximate surface area is 156 Å². The van der Waals surface area contributed by atoms with Gasteiger partial charge in [-0.3, -0.25) is 4.79 Å². The van der Waals surface area contributed by atoms with Gasteiger partial charge in [-0.05, 0) is 50.9 Å². The van der Waals surface area contributed by atoms with Crippen molar-refractivity contribution in [3.8, 4) is 0 Å². The molecule has 2 aliphatic heterocycles. The summed E-state index contributed by atoms with van der Waals surface area (Å²) < 4.78 is 6.35. The van der Waals surface area contributed by atoms with Crippen molar-refractivity contribution in [3.05, 3.63) is 11.6 Å². The molecule has 9 atom stereocenters. The molecule has 2 heterocycles. The molecule has 3 aliphatic carbocycles. The van der Waals surface area contributed by atoms with Crippen LogP contribution in [0.1, 0.15) is 60.3 Å². The number of hydrogen-bond donors (Lipinski definition) is 2. The van der Waals surface area contributed by atoms with Gasteiger partial charge < -0.3 is 15.2 Å². The number of ether oxygens (including phenoxy) is 1. The zero-order valence-corrected chi connectivity index (χ0v) is 16.7. The maximum Gasteiger partial charge on any atom is 0.230 e. The minimum atomic E-state index is -0.931. The molecule has 1 amide bonds. The third-order valence-corrected chi connectivity index (χ3v) is 8.81. The Hall–Kier alpha value is -0.870. The Morgan fingerprint density at radius 3 is 2.77 bits per heavy atom. The quantitative estimate of drug-likeness (QED) is 0.745. The summed E-state index contributed by atoms with van der Waals surface area (Å²) in [6, 6.07) is 0.164. The number of carbonyl (C=O) groups excluding carboxylic acids is 1. The summed E-state index contributed by atoms with van der Waals surface area (Å²) in [5.74, 6) is 1.31. The molecule has 4 fully saturated rings. The van der Waals surface area contributed by atoms with Crippen molar-refractivity contribution in [1.82, 2.24) is 5.32 Å². The van der Waals surface area contributed by atoms with E-state index in [4.69, 9.17) is 4.74 Å². The Bertz CT molecular complexity index is 702. The van der Waals surface area contributed by atoms with Gasteiger partial charge in [0.15, 0.2) is 0 Å². The van der Waals surface area contributed by atoms with E-state index in [0.717, 1.165) is 19.3 Å². The highest BCUT2D eigenvalue weighted by Gasteiger charge is 2.81. The number of carbonyl (C=O) groups is 1. The standard InChI is InChI=1S/C22H33NO3/c1-11(2)6-16-18-13(4)12(3)7-14-9-20(5)17-8-15(26-20)10-21(17,25)22(14,18)19(24)23-16/h7,11,13-18,25H,6,8-10H2,1-5H3,(H,23,24)/t13-,14-,15-,16+,17?,18+,20-,21+,22-/m1/s1. The average Bonchev–Trinajstić information content (AvgIpc) is 3.11. The highest BCUT2D eigenvalue weighted by atomic mass is 16.5. The van der Waals surface area contributed by atoms with Crippen molar-refractivity contribution in [2.75, 3.05) is 0 Å². The van der Waals surface area contributed by atoms with Crippen LogP contribution in [0.25, 0.3) is 0 Å². The number of allylic oxidation sites excluding steroid dienone is 2. The third kappa shape index (κ3) is 1.72. The lowest BCUT2D eigenvalue weighted by atomic mass is 9.42. The van der Waals surface area contributed by atoms with Gasteiger partial charge in [0.1, 0.15) is 0 Å². The van der Waals surface area contributed by atoms with Gasteiger partial charge in [0, 0.05) is 24.3 Å². The maximum absolute atomic E-state index is 13.6. The molecule has 0 aromatic heterocycles. The van der Waals surface area contributed by atoms with Crippen LogP contribution in [0.3, 0.4) is 0 Å². The van der Waals surface area contributed by atoms with Crippen molar-refractivity contribution in [2.45, 2.75) is 83.6 Å². The summed E-state index contributed by atoms with van der Waals surface area (Å²) in [6.07, 6.45) is 5.81. The normalized spacial score (nSPS) is 57.0. The van der Waals surface area contributed by atoms with Crippen LogP contribution in [0, 0.1) is 35.0 Å². The first-order valence-electron chi connectivity index (χ1n) is 10.5. The fraction of sp³-hybridized carbons (Fsp3) is 0.864. The lowest BCUT2D eigenvalue weighted by molar-refractivity contribution is -0.264. The van der Waals surface area contributed by atoms with Gasteiger partial charge in [-0.15, -0.1) is 0 Å². The second kappa shape index (κ2) is 4.94. The van der Waals surface area contributed by atoms with Crippen LogP contribution in [0.15, 0.2) is 11.6 Å². The van der Waals surface area contributed by atoms with E-state index in [1.807, 2.05) is 0 Å². The van der Waals surface area contributed by atoms with Crippen LogP contribution in [-0.4, -0.2) is 34.4 Å². The van der Waals surface area contributed by atoms with Gasteiger partial charge >= 0.3 is 0 Å². The number of hydrogen-bond acceptors (Lipinski definition) is 3. The minimum Gasteiger partial charge on any atom is -0.388 e. The molecule has 4 heteroatoms. The van der Waals surface area contributed by atoms with Gasteiger partial charge in [-0.2, -0.15) is 0 Å². The van der Waals surface area contributed by atoms with E-state index in [1.54, 1.807) is 0 Å². The Morgan fingerprint density at radius 1 is 1.38 bits per heavy atom. The number of fused-ring (bicyclic) bond motifs is 1. The molecule has 0 aromatic rings. The summed E-state index contributed by atoms with van der Waals surface area (Å²) in [4.78, 5) is 13.6. The molecule has 2 N–H and O–H groups in total. The number of nitrogens with one attached hydrogen (secondary N) is 1. The zero-order valence-electron chi connectivity index (χ0n) is 16.7. The second-order valence-electron chi connectivity index (χ2n) is 10.6. The first kappa shape index (κ1) is 17.2. The second-order valence-corrected chi connectivity index (χ2v) is 10.6. The van der Waals surface area contributed by atoms with Crippen LogP contribution in [0.5, 0.6) is 0 Å². The molecule has 2 bridgehead atoms. The SMILES string of the molecule is CC1=C[C@@H]2C[C@@]3(C)O[C@@H]4CC3[C@@](O)(C4)[C@]23C(=O)N[C@@H](CC(C)C)[C@@H]3[C@@H]1C. The molecule has 2 saturated heterocycles. The summed E-state index contributed by atoms with van der Waals surface area (Å²) in [7, 11) is 0. The van der Waals surface area contributed by atoms with Crippen molar-refractivity contribution in [3.63, 3.8) is 0 Å². The van der Waals surface area contributed by atoms with E-state index in [2.05, 4.69) is 46.0 Å². The first-order chi connectivity index (χ1) is 12.1. The van der Waals surface area contributed by atoms with Crippen LogP contribution in [-0.2, 0) is 9.53 Å². The molecule has 26 heavy (non-hydrogen) atoms. The lowest BCUT2D eigenvalue weighted by Crippen LogP contribution is -2.72. The Balaban J connectivity index is 1.71. The van der Waals surface area contributed by atoms with Gasteiger partial charge in [0.2, 0.25) is 5.91 Å². The predicted octanol–water partition coefficient (Wildman–Crippen LogP) is 3.05. The van der Waals surface area contributed by atoms with Gasteiger partial charge in [-0.25, -0.2) is 0 Å². The molecular formula is C22H33NO3. The molecule has 0 radical (unpaired) electrons. The molecular weight excluding hydrogens is 326 g/mol. The van der Waals surface area contributed by atoms with E-state index < -0.39 is 11.0 Å². The van der Waals surface area contributed by atoms with Crippen molar-refractivity contribution in [2.24, 2.45) is 35.0 Å². The maximum atomic E-state index is 13.6. The largest absolute Gasteiger partial charge is 0.388 e. The van der Waals surface area contributed by atoms with Crippen LogP contribution in [0.2, 0.25) is 0 Å². The fourth-order valence-electron chi connectivity index (χ4n) is 8.05. The van der Waals surface area contributed by atoms with E-state index >= 15 is 0 Å². The van der Waals surface area contributed by atoms with Crippen molar-refractivity contribution in [1.29, 1.82) is 0 Å². The predicted molar refractivity (Wildman–Crippen MR) is 99.3 cm³/mol. The molecule has 1 spiro atoms. The van der Waals surface area contributed by atoms with Crippen LogP contribution >= 0.6 is 0 Å². The molecule has 2 saturated carbocycles. The summed E-state index contributed by atoms with van der Waals surface area (Å²) in [5, 5.41) is 15.6. The molecule has 0 aromatic carbocycles. The van der Waals surface area contributed by atoms with Crippen LogP contribution < -0.4 is 5.32 Å².